The van der Waals surface area contributed by atoms with Gasteiger partial charge in [0, 0.05) is 25.5 Å². The highest BCUT2D eigenvalue weighted by molar-refractivity contribution is 5.85. The summed E-state index contributed by atoms with van der Waals surface area (Å²) in [6.45, 7) is 3.26. The zero-order valence-electron chi connectivity index (χ0n) is 11.2. The quantitative estimate of drug-likeness (QED) is 0.844. The number of pyridine rings is 1. The molecule has 3 heterocycles. The first kappa shape index (κ1) is 12.6. The fourth-order valence-corrected chi connectivity index (χ4v) is 2.12. The van der Waals surface area contributed by atoms with Crippen molar-refractivity contribution in [3.05, 3.63) is 41.7 Å². The van der Waals surface area contributed by atoms with E-state index in [9.17, 15) is 0 Å². The van der Waals surface area contributed by atoms with Gasteiger partial charge in [-0.1, -0.05) is 6.07 Å². The van der Waals surface area contributed by atoms with Crippen molar-refractivity contribution < 1.29 is 0 Å². The number of hydrogen-bond acceptors (Lipinski definition) is 5. The zero-order chi connectivity index (χ0) is 13.6. The number of aliphatic imine (C=N–C) groups is 2. The summed E-state index contributed by atoms with van der Waals surface area (Å²) in [4.78, 5) is 13.2. The van der Waals surface area contributed by atoms with E-state index >= 15 is 0 Å². The predicted octanol–water partition coefficient (Wildman–Crippen LogP) is 1.11. The molecule has 20 heavy (non-hydrogen) atoms. The van der Waals surface area contributed by atoms with Crippen molar-refractivity contribution in [1.82, 2.24) is 15.6 Å². The van der Waals surface area contributed by atoms with Gasteiger partial charge in [-0.2, -0.15) is 0 Å². The molecular weight excluding hydrogens is 250 g/mol. The van der Waals surface area contributed by atoms with Crippen LogP contribution < -0.4 is 10.6 Å². The molecular formula is C15H17N5. The van der Waals surface area contributed by atoms with Crippen molar-refractivity contribution >= 4 is 23.8 Å². The van der Waals surface area contributed by atoms with E-state index in [0.717, 1.165) is 49.0 Å². The molecule has 2 aliphatic heterocycles. The molecule has 0 amide bonds. The van der Waals surface area contributed by atoms with Crippen LogP contribution in [0.4, 0.5) is 0 Å². The van der Waals surface area contributed by atoms with Crippen LogP contribution >= 0.6 is 0 Å². The molecule has 0 fully saturated rings. The molecule has 1 aromatic rings. The maximum atomic E-state index is 4.72. The lowest BCUT2D eigenvalue weighted by Gasteiger charge is -2.11. The number of rotatable bonds is 2. The van der Waals surface area contributed by atoms with Crippen LogP contribution in [0.3, 0.4) is 0 Å². The number of hydrogen-bond donors (Lipinski definition) is 2. The molecule has 0 saturated carbocycles. The Morgan fingerprint density at radius 3 is 1.90 bits per heavy atom. The SMILES string of the molecule is C1=NCCNC(c2cccc(C3=CC=NCCN3)n2)=C1. The van der Waals surface area contributed by atoms with Crippen LogP contribution in [0.1, 0.15) is 11.4 Å². The minimum Gasteiger partial charge on any atom is -0.381 e. The molecule has 0 bridgehead atoms. The summed E-state index contributed by atoms with van der Waals surface area (Å²) in [5.41, 5.74) is 3.88. The van der Waals surface area contributed by atoms with E-state index in [-0.39, 0.29) is 0 Å². The van der Waals surface area contributed by atoms with Gasteiger partial charge in [0.25, 0.3) is 0 Å². The molecule has 0 spiro atoms. The third-order valence-electron chi connectivity index (χ3n) is 3.11. The first-order valence-corrected chi connectivity index (χ1v) is 6.79. The highest BCUT2D eigenvalue weighted by atomic mass is 15.0. The van der Waals surface area contributed by atoms with Crippen molar-refractivity contribution in [3.63, 3.8) is 0 Å². The van der Waals surface area contributed by atoms with E-state index in [4.69, 9.17) is 4.98 Å². The van der Waals surface area contributed by atoms with E-state index < -0.39 is 0 Å². The van der Waals surface area contributed by atoms with Crippen molar-refractivity contribution in [2.45, 2.75) is 0 Å². The van der Waals surface area contributed by atoms with Crippen molar-refractivity contribution in [3.8, 4) is 0 Å². The molecule has 5 nitrogen and oxygen atoms in total. The third-order valence-corrected chi connectivity index (χ3v) is 3.11. The Kier molecular flexibility index (Phi) is 3.87. The Morgan fingerprint density at radius 2 is 1.35 bits per heavy atom. The van der Waals surface area contributed by atoms with Gasteiger partial charge >= 0.3 is 0 Å². The molecule has 0 atom stereocenters. The lowest BCUT2D eigenvalue weighted by atomic mass is 10.2. The number of allylic oxidation sites excluding steroid dienone is 2. The summed E-state index contributed by atoms with van der Waals surface area (Å²) < 4.78 is 0. The standard InChI is InChI=1S/C15H17N5/c1-2-14(12-4-6-16-8-10-18-12)20-15(3-1)13-5-7-17-9-11-19-13/h1-7,18-19H,8-11H2. The van der Waals surface area contributed by atoms with Gasteiger partial charge in [-0.15, -0.1) is 0 Å². The number of nitrogens with zero attached hydrogens (tertiary/aromatic N) is 3. The van der Waals surface area contributed by atoms with Crippen molar-refractivity contribution in [1.29, 1.82) is 0 Å². The topological polar surface area (TPSA) is 61.7 Å². The minimum absolute atomic E-state index is 0.795. The van der Waals surface area contributed by atoms with Crippen LogP contribution in [-0.2, 0) is 0 Å². The van der Waals surface area contributed by atoms with Crippen LogP contribution in [0.15, 0.2) is 40.3 Å². The van der Waals surface area contributed by atoms with Gasteiger partial charge < -0.3 is 10.6 Å². The second kappa shape index (κ2) is 6.14. The largest absolute Gasteiger partial charge is 0.381 e. The van der Waals surface area contributed by atoms with E-state index in [1.165, 1.54) is 0 Å². The van der Waals surface area contributed by atoms with E-state index in [1.54, 1.807) is 0 Å². The third kappa shape index (κ3) is 2.93. The molecule has 0 aromatic carbocycles. The smallest absolute Gasteiger partial charge is 0.0869 e. The van der Waals surface area contributed by atoms with Gasteiger partial charge in [-0.05, 0) is 24.3 Å². The Hall–Kier alpha value is -2.43. The summed E-state index contributed by atoms with van der Waals surface area (Å²) in [5.74, 6) is 0. The maximum absolute atomic E-state index is 4.72. The van der Waals surface area contributed by atoms with Crippen molar-refractivity contribution in [2.24, 2.45) is 9.98 Å². The average Bonchev–Trinajstić information content (AvgIpc) is 2.92. The van der Waals surface area contributed by atoms with E-state index in [1.807, 2.05) is 42.8 Å². The number of nitrogens with one attached hydrogen (secondary N) is 2. The minimum atomic E-state index is 0.795. The Morgan fingerprint density at radius 1 is 0.800 bits per heavy atom. The molecule has 0 saturated heterocycles. The van der Waals surface area contributed by atoms with Crippen LogP contribution in [0.25, 0.3) is 11.4 Å². The predicted molar refractivity (Wildman–Crippen MR) is 82.9 cm³/mol. The van der Waals surface area contributed by atoms with Crippen molar-refractivity contribution in [2.75, 3.05) is 26.2 Å². The Balaban J connectivity index is 1.89. The van der Waals surface area contributed by atoms with Gasteiger partial charge in [0.15, 0.2) is 0 Å². The molecule has 102 valence electrons. The normalized spacial score (nSPS) is 18.2. The Bertz CT molecular complexity index is 549. The first-order valence-electron chi connectivity index (χ1n) is 6.79. The summed E-state index contributed by atoms with van der Waals surface area (Å²) in [6.07, 6.45) is 7.60. The first-order chi connectivity index (χ1) is 9.93. The summed E-state index contributed by atoms with van der Waals surface area (Å²) in [7, 11) is 0. The van der Waals surface area contributed by atoms with E-state index in [0.29, 0.717) is 0 Å². The summed E-state index contributed by atoms with van der Waals surface area (Å²) in [5, 5.41) is 6.70. The lowest BCUT2D eigenvalue weighted by Crippen LogP contribution is -2.18. The molecule has 0 radical (unpaired) electrons. The van der Waals surface area contributed by atoms with Crippen LogP contribution in [0.2, 0.25) is 0 Å². The van der Waals surface area contributed by atoms with Crippen LogP contribution in [-0.4, -0.2) is 43.6 Å². The Labute approximate surface area is 118 Å². The molecule has 0 aliphatic carbocycles. The van der Waals surface area contributed by atoms with Gasteiger partial charge in [0.2, 0.25) is 0 Å². The molecule has 2 aliphatic rings. The van der Waals surface area contributed by atoms with Gasteiger partial charge in [0.05, 0.1) is 35.9 Å². The molecule has 0 unspecified atom stereocenters. The monoisotopic (exact) mass is 267 g/mol. The highest BCUT2D eigenvalue weighted by Gasteiger charge is 2.08. The molecule has 5 heteroatoms. The number of aromatic nitrogens is 1. The average molecular weight is 267 g/mol. The fourth-order valence-electron chi connectivity index (χ4n) is 2.12. The summed E-state index contributed by atoms with van der Waals surface area (Å²) in [6, 6.07) is 6.03. The molecule has 3 rings (SSSR count). The van der Waals surface area contributed by atoms with Gasteiger partial charge in [-0.3, -0.25) is 9.98 Å². The van der Waals surface area contributed by atoms with Crippen LogP contribution in [0.5, 0.6) is 0 Å². The lowest BCUT2D eigenvalue weighted by molar-refractivity contribution is 0.856. The van der Waals surface area contributed by atoms with Gasteiger partial charge in [-0.25, -0.2) is 4.98 Å². The summed E-state index contributed by atoms with van der Waals surface area (Å²) >= 11 is 0. The van der Waals surface area contributed by atoms with Crippen LogP contribution in [0, 0.1) is 0 Å². The molecule has 1 aromatic heterocycles. The van der Waals surface area contributed by atoms with Gasteiger partial charge in [0.1, 0.15) is 0 Å². The maximum Gasteiger partial charge on any atom is 0.0869 e. The zero-order valence-corrected chi connectivity index (χ0v) is 11.2. The second-order valence-electron chi connectivity index (χ2n) is 4.53. The van der Waals surface area contributed by atoms with E-state index in [2.05, 4.69) is 20.6 Å². The highest BCUT2D eigenvalue weighted by Crippen LogP contribution is 2.14. The second-order valence-corrected chi connectivity index (χ2v) is 4.53. The molecule has 2 N–H and O–H groups in total. The fraction of sp³-hybridized carbons (Fsp3) is 0.267.